The number of ether oxygens (including phenoxy) is 1. The van der Waals surface area contributed by atoms with Crippen LogP contribution < -0.4 is 4.74 Å². The Kier molecular flexibility index (Phi) is 5.66. The van der Waals surface area contributed by atoms with Gasteiger partial charge in [-0.05, 0) is 25.8 Å². The second kappa shape index (κ2) is 8.23. The van der Waals surface area contributed by atoms with Crippen LogP contribution in [-0.4, -0.2) is 41.1 Å². The summed E-state index contributed by atoms with van der Waals surface area (Å²) in [6.07, 6.45) is 6.16. The van der Waals surface area contributed by atoms with Crippen LogP contribution in [0.3, 0.4) is 0 Å². The van der Waals surface area contributed by atoms with Gasteiger partial charge < -0.3 is 9.15 Å². The van der Waals surface area contributed by atoms with Crippen LogP contribution in [0.15, 0.2) is 46.0 Å². The number of benzene rings is 1. The number of nitrogens with zero attached hydrogens (tertiary/aromatic N) is 4. The summed E-state index contributed by atoms with van der Waals surface area (Å²) in [5.74, 6) is 1.89. The van der Waals surface area contributed by atoms with Gasteiger partial charge in [0.1, 0.15) is 22.4 Å². The summed E-state index contributed by atoms with van der Waals surface area (Å²) in [6.45, 7) is 2.15. The molecule has 3 aromatic rings. The van der Waals surface area contributed by atoms with Gasteiger partial charge in [-0.25, -0.2) is 13.4 Å². The average Bonchev–Trinajstić information content (AvgIpc) is 3.34. The van der Waals surface area contributed by atoms with E-state index in [1.807, 2.05) is 24.3 Å². The highest BCUT2D eigenvalue weighted by Crippen LogP contribution is 2.36. The zero-order valence-corrected chi connectivity index (χ0v) is 18.2. The molecule has 1 fully saturated rings. The number of aryl methyl sites for hydroxylation is 2. The zero-order chi connectivity index (χ0) is 21.3. The molecule has 1 atom stereocenters. The van der Waals surface area contributed by atoms with Gasteiger partial charge in [-0.1, -0.05) is 24.6 Å². The zero-order valence-electron chi connectivity index (χ0n) is 17.4. The normalized spacial score (nSPS) is 17.9. The molecule has 1 aliphatic rings. The molecule has 0 N–H and O–H groups in total. The smallest absolute Gasteiger partial charge is 0.247 e. The maximum absolute atomic E-state index is 13.4. The van der Waals surface area contributed by atoms with E-state index in [2.05, 4.69) is 10.1 Å². The minimum Gasteiger partial charge on any atom is -0.496 e. The predicted octanol–water partition coefficient (Wildman–Crippen LogP) is 3.23. The van der Waals surface area contributed by atoms with Crippen molar-refractivity contribution in [3.8, 4) is 5.75 Å². The maximum Gasteiger partial charge on any atom is 0.247 e. The Bertz CT molecular complexity index is 1140. The van der Waals surface area contributed by atoms with Crippen molar-refractivity contribution in [3.63, 3.8) is 0 Å². The third-order valence-electron chi connectivity index (χ3n) is 5.42. The van der Waals surface area contributed by atoms with Gasteiger partial charge in [0.15, 0.2) is 0 Å². The van der Waals surface area contributed by atoms with Crippen molar-refractivity contribution < 1.29 is 17.6 Å². The van der Waals surface area contributed by atoms with Crippen LogP contribution in [0.4, 0.5) is 0 Å². The van der Waals surface area contributed by atoms with E-state index >= 15 is 0 Å². The highest BCUT2D eigenvalue weighted by molar-refractivity contribution is 7.89. The molecule has 160 valence electrons. The summed E-state index contributed by atoms with van der Waals surface area (Å²) in [7, 11) is -0.345. The molecule has 30 heavy (non-hydrogen) atoms. The van der Waals surface area contributed by atoms with Crippen molar-refractivity contribution in [1.82, 2.24) is 19.1 Å². The first-order valence-corrected chi connectivity index (χ1v) is 11.4. The van der Waals surface area contributed by atoms with Crippen LogP contribution in [0.2, 0.25) is 0 Å². The average molecular weight is 431 g/mol. The predicted molar refractivity (Wildman–Crippen MR) is 111 cm³/mol. The molecule has 0 saturated carbocycles. The van der Waals surface area contributed by atoms with Gasteiger partial charge in [-0.3, -0.25) is 4.68 Å². The molecule has 0 unspecified atom stereocenters. The van der Waals surface area contributed by atoms with Crippen LogP contribution >= 0.6 is 0 Å². The quantitative estimate of drug-likeness (QED) is 0.596. The van der Waals surface area contributed by atoms with Crippen molar-refractivity contribution in [2.75, 3.05) is 13.7 Å². The number of hydrogen-bond donors (Lipinski definition) is 0. The van der Waals surface area contributed by atoms with Gasteiger partial charge in [-0.15, -0.1) is 0 Å². The Morgan fingerprint density at radius 2 is 2.07 bits per heavy atom. The summed E-state index contributed by atoms with van der Waals surface area (Å²) < 4.78 is 41.2. The van der Waals surface area contributed by atoms with E-state index < -0.39 is 16.1 Å². The molecule has 3 heterocycles. The van der Waals surface area contributed by atoms with Gasteiger partial charge in [-0.2, -0.15) is 9.40 Å². The van der Waals surface area contributed by atoms with E-state index in [9.17, 15) is 8.42 Å². The molecule has 8 nitrogen and oxygen atoms in total. The van der Waals surface area contributed by atoms with Crippen molar-refractivity contribution >= 4 is 10.0 Å². The number of hydrogen-bond acceptors (Lipinski definition) is 6. The largest absolute Gasteiger partial charge is 0.496 e. The SMILES string of the molecule is COc1ccccc1Cc1cnc([C@@H]2CCCCN2S(=O)(=O)c2cn(C)nc2C)o1. The van der Waals surface area contributed by atoms with Crippen LogP contribution in [0.5, 0.6) is 5.75 Å². The number of rotatable bonds is 6. The van der Waals surface area contributed by atoms with E-state index in [0.29, 0.717) is 36.7 Å². The first-order valence-electron chi connectivity index (χ1n) is 9.98. The number of sulfonamides is 1. The Labute approximate surface area is 176 Å². The van der Waals surface area contributed by atoms with E-state index in [-0.39, 0.29) is 4.90 Å². The van der Waals surface area contributed by atoms with Gasteiger partial charge in [0, 0.05) is 31.8 Å². The molecule has 0 amide bonds. The molecule has 1 saturated heterocycles. The minimum absolute atomic E-state index is 0.234. The van der Waals surface area contributed by atoms with E-state index in [0.717, 1.165) is 24.2 Å². The highest BCUT2D eigenvalue weighted by Gasteiger charge is 2.38. The fourth-order valence-electron chi connectivity index (χ4n) is 3.99. The second-order valence-corrected chi connectivity index (χ2v) is 9.39. The lowest BCUT2D eigenvalue weighted by Crippen LogP contribution is -2.38. The summed E-state index contributed by atoms with van der Waals surface area (Å²) in [6, 6.07) is 7.32. The van der Waals surface area contributed by atoms with Crippen molar-refractivity contribution in [3.05, 3.63) is 59.6 Å². The molecular weight excluding hydrogens is 404 g/mol. The highest BCUT2D eigenvalue weighted by atomic mass is 32.2. The molecule has 1 aliphatic heterocycles. The second-order valence-electron chi connectivity index (χ2n) is 7.53. The Hall–Kier alpha value is -2.65. The number of methoxy groups -OCH3 is 1. The summed E-state index contributed by atoms with van der Waals surface area (Å²) in [4.78, 5) is 4.68. The van der Waals surface area contributed by atoms with E-state index in [1.54, 1.807) is 33.5 Å². The van der Waals surface area contributed by atoms with Crippen molar-refractivity contribution in [2.45, 2.75) is 43.5 Å². The fraction of sp³-hybridized carbons (Fsp3) is 0.429. The molecule has 0 bridgehead atoms. The third kappa shape index (κ3) is 3.87. The lowest BCUT2D eigenvalue weighted by Gasteiger charge is -2.32. The standard InChI is InChI=1S/C21H26N4O4S/c1-15-20(14-24(2)23-15)30(26,27)25-11-7-6-9-18(25)21-22-13-17(29-21)12-16-8-4-5-10-19(16)28-3/h4-5,8,10,13-14,18H,6-7,9,11-12H2,1-3H3/t18-/m0/s1. The monoisotopic (exact) mass is 430 g/mol. The van der Waals surface area contributed by atoms with E-state index in [4.69, 9.17) is 9.15 Å². The van der Waals surface area contributed by atoms with Crippen LogP contribution in [0, 0.1) is 6.92 Å². The summed E-state index contributed by atoms with van der Waals surface area (Å²) in [5.41, 5.74) is 1.48. The summed E-state index contributed by atoms with van der Waals surface area (Å²) in [5, 5.41) is 4.20. The van der Waals surface area contributed by atoms with Crippen LogP contribution in [0.1, 0.15) is 48.2 Å². The number of oxazole rings is 1. The van der Waals surface area contributed by atoms with Gasteiger partial charge in [0.25, 0.3) is 0 Å². The molecule has 4 rings (SSSR count). The maximum atomic E-state index is 13.4. The number of piperidine rings is 1. The van der Waals surface area contributed by atoms with Crippen molar-refractivity contribution in [2.24, 2.45) is 7.05 Å². The molecule has 0 radical (unpaired) electrons. The molecule has 0 spiro atoms. The summed E-state index contributed by atoms with van der Waals surface area (Å²) >= 11 is 0. The lowest BCUT2D eigenvalue weighted by molar-refractivity contribution is 0.216. The lowest BCUT2D eigenvalue weighted by atomic mass is 10.1. The fourth-order valence-corrected chi connectivity index (χ4v) is 5.84. The molecule has 1 aromatic carbocycles. The number of aromatic nitrogens is 3. The third-order valence-corrected chi connectivity index (χ3v) is 7.43. The van der Waals surface area contributed by atoms with Gasteiger partial charge in [0.2, 0.25) is 15.9 Å². The van der Waals surface area contributed by atoms with Gasteiger partial charge >= 0.3 is 0 Å². The first kappa shape index (κ1) is 20.6. The molecule has 2 aromatic heterocycles. The molecular formula is C21H26N4O4S. The Balaban J connectivity index is 1.62. The van der Waals surface area contributed by atoms with Crippen LogP contribution in [0.25, 0.3) is 0 Å². The molecule has 0 aliphatic carbocycles. The Morgan fingerprint density at radius 1 is 1.27 bits per heavy atom. The topological polar surface area (TPSA) is 90.5 Å². The molecule has 9 heteroatoms. The number of para-hydroxylation sites is 1. The first-order chi connectivity index (χ1) is 14.4. The minimum atomic E-state index is -3.70. The van der Waals surface area contributed by atoms with Crippen molar-refractivity contribution in [1.29, 1.82) is 0 Å². The van der Waals surface area contributed by atoms with Gasteiger partial charge in [0.05, 0.1) is 19.0 Å². The Morgan fingerprint density at radius 3 is 2.80 bits per heavy atom. The van der Waals surface area contributed by atoms with E-state index in [1.165, 1.54) is 8.99 Å². The van der Waals surface area contributed by atoms with Crippen LogP contribution in [-0.2, 0) is 23.5 Å².